The Kier molecular flexibility index (Phi) is 17.3. The maximum absolute atomic E-state index is 10.2. The largest absolute Gasteiger partial charge is 0.356 e. The van der Waals surface area contributed by atoms with Crippen LogP contribution in [-0.4, -0.2) is 41.1 Å². The highest BCUT2D eigenvalue weighted by Crippen LogP contribution is 2.16. The average molecular weight is 509 g/mol. The fourth-order valence-corrected chi connectivity index (χ4v) is 3.90. The van der Waals surface area contributed by atoms with E-state index in [1.165, 1.54) is 22.1 Å². The molecule has 1 saturated heterocycles. The minimum Gasteiger partial charge on any atom is -0.356 e. The first-order valence-electron chi connectivity index (χ1n) is 11.9. The number of piperidine rings is 1. The van der Waals surface area contributed by atoms with Crippen molar-refractivity contribution in [3.8, 4) is 0 Å². The Bertz CT molecular complexity index is 908. The van der Waals surface area contributed by atoms with E-state index < -0.39 is 0 Å². The molecule has 0 aliphatic carbocycles. The van der Waals surface area contributed by atoms with Crippen molar-refractivity contribution in [2.75, 3.05) is 13.1 Å². The SMILES string of the molecule is C=C(C)/C=C(Cl)\C=C\Cl.CC.CC(C)N1CCC(NC=O)CC1.Cc1cc2ccccc2n1C. The van der Waals surface area contributed by atoms with Crippen molar-refractivity contribution in [3.63, 3.8) is 0 Å². The van der Waals surface area contributed by atoms with Crippen molar-refractivity contribution in [1.82, 2.24) is 14.8 Å². The lowest BCUT2D eigenvalue weighted by Gasteiger charge is -2.34. The molecule has 0 bridgehead atoms. The smallest absolute Gasteiger partial charge is 0.207 e. The molecule has 1 fully saturated rings. The summed E-state index contributed by atoms with van der Waals surface area (Å²) in [6, 6.07) is 11.7. The van der Waals surface area contributed by atoms with E-state index in [-0.39, 0.29) is 0 Å². The number of allylic oxidation sites excluding steroid dienone is 4. The minimum atomic E-state index is 0.414. The Balaban J connectivity index is 0.000000468. The standard InChI is InChI=1S/C10H11N.C9H18N2O.C7H8Cl2.C2H6/c1-8-7-9-5-3-4-6-10(9)11(8)2;1-8(2)11-5-3-9(4-6-11)10-7-12;1-6(2)5-7(9)3-4-8;1-2/h3-7H,1-2H3;7-9H,3-6H2,1-2H3,(H,10,12);3-5H,1H2,2H3;1-2H3/b;;4-3+,7-5+;. The number of rotatable bonds is 5. The van der Waals surface area contributed by atoms with E-state index >= 15 is 0 Å². The van der Waals surface area contributed by atoms with Gasteiger partial charge in [0.25, 0.3) is 0 Å². The van der Waals surface area contributed by atoms with Gasteiger partial charge in [-0.3, -0.25) is 4.79 Å². The third kappa shape index (κ3) is 12.5. The van der Waals surface area contributed by atoms with Crippen molar-refractivity contribution in [2.45, 2.75) is 66.5 Å². The molecule has 0 spiro atoms. The van der Waals surface area contributed by atoms with Gasteiger partial charge in [0.05, 0.1) is 0 Å². The monoisotopic (exact) mass is 507 g/mol. The van der Waals surface area contributed by atoms with Crippen molar-refractivity contribution >= 4 is 40.5 Å². The van der Waals surface area contributed by atoms with Crippen LogP contribution in [0.1, 0.15) is 53.2 Å². The second kappa shape index (κ2) is 18.3. The van der Waals surface area contributed by atoms with Gasteiger partial charge in [-0.25, -0.2) is 0 Å². The lowest BCUT2D eigenvalue weighted by Crippen LogP contribution is -2.44. The van der Waals surface area contributed by atoms with Gasteiger partial charge in [-0.15, -0.1) is 0 Å². The molecular formula is C28H43Cl2N3O. The number of halogens is 2. The summed E-state index contributed by atoms with van der Waals surface area (Å²) in [5, 5.41) is 4.76. The van der Waals surface area contributed by atoms with Crippen LogP contribution in [0.25, 0.3) is 10.9 Å². The summed E-state index contributed by atoms with van der Waals surface area (Å²) in [7, 11) is 2.09. The molecule has 1 N–H and O–H groups in total. The number of nitrogens with zero attached hydrogens (tertiary/aromatic N) is 2. The van der Waals surface area contributed by atoms with Crippen LogP contribution in [0.4, 0.5) is 0 Å². The number of aromatic nitrogens is 1. The minimum absolute atomic E-state index is 0.414. The summed E-state index contributed by atoms with van der Waals surface area (Å²) in [5.74, 6) is 0. The number of aryl methyl sites for hydroxylation is 2. The Labute approximate surface area is 217 Å². The Hall–Kier alpha value is -2.01. The number of carbonyl (C=O) groups excluding carboxylic acids is 1. The number of hydrogen-bond donors (Lipinski definition) is 1. The zero-order valence-corrected chi connectivity index (χ0v) is 23.5. The lowest BCUT2D eigenvalue weighted by atomic mass is 10.0. The van der Waals surface area contributed by atoms with E-state index in [9.17, 15) is 4.79 Å². The van der Waals surface area contributed by atoms with Gasteiger partial charge in [0.1, 0.15) is 0 Å². The number of hydrogen-bond acceptors (Lipinski definition) is 2. The van der Waals surface area contributed by atoms with E-state index in [4.69, 9.17) is 23.2 Å². The average Bonchev–Trinajstić information content (AvgIpc) is 3.10. The second-order valence-corrected chi connectivity index (χ2v) is 8.95. The van der Waals surface area contributed by atoms with Gasteiger partial charge in [-0.05, 0) is 70.2 Å². The predicted octanol–water partition coefficient (Wildman–Crippen LogP) is 7.56. The number of likely N-dealkylation sites (tertiary alicyclic amines) is 1. The molecule has 34 heavy (non-hydrogen) atoms. The lowest BCUT2D eigenvalue weighted by molar-refractivity contribution is -0.110. The van der Waals surface area contributed by atoms with Crippen LogP contribution in [0.5, 0.6) is 0 Å². The Morgan fingerprint density at radius 2 is 1.79 bits per heavy atom. The van der Waals surface area contributed by atoms with Crippen LogP contribution in [0, 0.1) is 6.92 Å². The van der Waals surface area contributed by atoms with Crippen molar-refractivity contribution in [1.29, 1.82) is 0 Å². The van der Waals surface area contributed by atoms with Crippen LogP contribution in [0.2, 0.25) is 0 Å². The van der Waals surface area contributed by atoms with Crippen LogP contribution < -0.4 is 5.32 Å². The predicted molar refractivity (Wildman–Crippen MR) is 152 cm³/mol. The molecule has 3 rings (SSSR count). The van der Waals surface area contributed by atoms with Crippen LogP contribution in [-0.2, 0) is 11.8 Å². The summed E-state index contributed by atoms with van der Waals surface area (Å²) in [5.41, 5.74) is 4.90. The summed E-state index contributed by atoms with van der Waals surface area (Å²) < 4.78 is 2.20. The van der Waals surface area contributed by atoms with E-state index in [0.717, 1.165) is 37.9 Å². The first-order valence-corrected chi connectivity index (χ1v) is 12.7. The molecule has 4 nitrogen and oxygen atoms in total. The molecule has 0 radical (unpaired) electrons. The van der Waals surface area contributed by atoms with Gasteiger partial charge in [0.2, 0.25) is 6.41 Å². The van der Waals surface area contributed by atoms with E-state index in [1.54, 1.807) is 12.2 Å². The van der Waals surface area contributed by atoms with E-state index in [1.807, 2.05) is 20.8 Å². The molecule has 2 heterocycles. The van der Waals surface area contributed by atoms with Gasteiger partial charge >= 0.3 is 0 Å². The topological polar surface area (TPSA) is 37.3 Å². The molecule has 0 saturated carbocycles. The number of carbonyl (C=O) groups is 1. The quantitative estimate of drug-likeness (QED) is 0.334. The maximum Gasteiger partial charge on any atom is 0.207 e. The van der Waals surface area contributed by atoms with Crippen molar-refractivity contribution < 1.29 is 4.79 Å². The highest BCUT2D eigenvalue weighted by molar-refractivity contribution is 6.33. The zero-order valence-electron chi connectivity index (χ0n) is 21.9. The molecule has 190 valence electrons. The van der Waals surface area contributed by atoms with Crippen molar-refractivity contribution in [2.24, 2.45) is 7.05 Å². The first kappa shape index (κ1) is 32.0. The highest BCUT2D eigenvalue weighted by Gasteiger charge is 2.19. The molecule has 1 aromatic heterocycles. The molecule has 1 aromatic carbocycles. The molecular weight excluding hydrogens is 465 g/mol. The van der Waals surface area contributed by atoms with Crippen molar-refractivity contribution in [3.05, 3.63) is 70.9 Å². The molecule has 6 heteroatoms. The molecule has 2 aromatic rings. The number of para-hydroxylation sites is 1. The molecule has 1 amide bonds. The zero-order chi connectivity index (χ0) is 26.1. The van der Waals surface area contributed by atoms with Crippen LogP contribution in [0.15, 0.2) is 65.2 Å². The van der Waals surface area contributed by atoms with E-state index in [0.29, 0.717) is 17.1 Å². The van der Waals surface area contributed by atoms with Gasteiger partial charge < -0.3 is 14.8 Å². The third-order valence-corrected chi connectivity index (χ3v) is 5.72. The number of benzene rings is 1. The fourth-order valence-electron chi connectivity index (χ4n) is 3.45. The Morgan fingerprint density at radius 1 is 1.21 bits per heavy atom. The third-order valence-electron chi connectivity index (χ3n) is 5.36. The first-order chi connectivity index (χ1) is 16.2. The molecule has 0 atom stereocenters. The number of nitrogens with one attached hydrogen (secondary N) is 1. The fraction of sp³-hybridized carbons (Fsp3) is 0.464. The molecule has 0 unspecified atom stereocenters. The van der Waals surface area contributed by atoms with Gasteiger partial charge in [-0.1, -0.05) is 67.4 Å². The van der Waals surface area contributed by atoms with Crippen LogP contribution >= 0.6 is 23.2 Å². The summed E-state index contributed by atoms with van der Waals surface area (Å²) in [4.78, 5) is 12.6. The number of fused-ring (bicyclic) bond motifs is 1. The summed E-state index contributed by atoms with van der Waals surface area (Å²) in [6.07, 6.45) is 6.34. The molecule has 1 aliphatic heterocycles. The normalized spacial score (nSPS) is 14.5. The second-order valence-electron chi connectivity index (χ2n) is 8.26. The summed E-state index contributed by atoms with van der Waals surface area (Å²) in [6.45, 7) is 18.3. The van der Waals surface area contributed by atoms with Crippen LogP contribution in [0.3, 0.4) is 0 Å². The summed E-state index contributed by atoms with van der Waals surface area (Å²) >= 11 is 10.8. The van der Waals surface area contributed by atoms with Gasteiger partial charge in [0.15, 0.2) is 0 Å². The molecule has 1 aliphatic rings. The van der Waals surface area contributed by atoms with E-state index in [2.05, 4.69) is 79.5 Å². The van der Waals surface area contributed by atoms with Gasteiger partial charge in [0, 0.05) is 54.0 Å². The number of amides is 1. The van der Waals surface area contributed by atoms with Gasteiger partial charge in [-0.2, -0.15) is 0 Å². The highest BCUT2D eigenvalue weighted by atomic mass is 35.5. The maximum atomic E-state index is 10.2. The Morgan fingerprint density at radius 3 is 2.26 bits per heavy atom.